The molecule has 2 aliphatic heterocycles. The normalized spacial score (nSPS) is 28.1. The van der Waals surface area contributed by atoms with Crippen LogP contribution in [0.3, 0.4) is 0 Å². The summed E-state index contributed by atoms with van der Waals surface area (Å²) < 4.78 is 1.52. The summed E-state index contributed by atoms with van der Waals surface area (Å²) in [7, 11) is 0. The fraction of sp³-hybridized carbons (Fsp3) is 0.429. The lowest BCUT2D eigenvalue weighted by atomic mass is 9.95. The van der Waals surface area contributed by atoms with Gasteiger partial charge in [-0.05, 0) is 37.5 Å². The number of carbonyl (C=O) groups is 1. The van der Waals surface area contributed by atoms with Crippen LogP contribution < -0.4 is 10.6 Å². The summed E-state index contributed by atoms with van der Waals surface area (Å²) in [6, 6.07) is 6.86. The zero-order valence-electron chi connectivity index (χ0n) is 10.7. The van der Waals surface area contributed by atoms with Crippen LogP contribution in [0.25, 0.3) is 10.2 Å². The second-order valence-electron chi connectivity index (χ2n) is 5.51. The van der Waals surface area contributed by atoms with E-state index in [0.29, 0.717) is 22.1 Å². The van der Waals surface area contributed by atoms with Crippen LogP contribution in [0, 0.1) is 0 Å². The minimum Gasteiger partial charge on any atom is -0.348 e. The monoisotopic (exact) mass is 307 g/mol. The van der Waals surface area contributed by atoms with E-state index >= 15 is 0 Å². The Morgan fingerprint density at radius 1 is 1.45 bits per heavy atom. The lowest BCUT2D eigenvalue weighted by Crippen LogP contribution is -2.42. The zero-order chi connectivity index (χ0) is 13.7. The van der Waals surface area contributed by atoms with Crippen LogP contribution in [-0.4, -0.2) is 29.0 Å². The van der Waals surface area contributed by atoms with E-state index < -0.39 is 0 Å². The van der Waals surface area contributed by atoms with Crippen molar-refractivity contribution in [1.29, 1.82) is 0 Å². The van der Waals surface area contributed by atoms with Gasteiger partial charge in [-0.25, -0.2) is 4.98 Å². The maximum Gasteiger partial charge on any atom is 0.251 e. The Kier molecular flexibility index (Phi) is 2.94. The summed E-state index contributed by atoms with van der Waals surface area (Å²) in [4.78, 5) is 16.5. The third kappa shape index (κ3) is 2.10. The lowest BCUT2D eigenvalue weighted by molar-refractivity contribution is 0.0931. The molecule has 3 heterocycles. The van der Waals surface area contributed by atoms with Crippen molar-refractivity contribution in [3.63, 3.8) is 0 Å². The Bertz CT molecular complexity index is 686. The number of hydrogen-bond donors (Lipinski definition) is 2. The standard InChI is InChI=1S/C14H14ClN3OS/c15-14-18-11-5-7(1-4-12(11)20-14)13(19)17-10-6-8-2-3-9(10)16-8/h1,4-5,8-10,16H,2-3,6H2,(H,17,19)/t8-,9+,10-/m1/s1. The quantitative estimate of drug-likeness (QED) is 0.896. The molecular weight excluding hydrogens is 294 g/mol. The Labute approximate surface area is 125 Å². The Hall–Kier alpha value is -1.17. The van der Waals surface area contributed by atoms with Gasteiger partial charge < -0.3 is 10.6 Å². The lowest BCUT2D eigenvalue weighted by Gasteiger charge is -2.21. The van der Waals surface area contributed by atoms with Gasteiger partial charge >= 0.3 is 0 Å². The number of fused-ring (bicyclic) bond motifs is 3. The first kappa shape index (κ1) is 12.6. The van der Waals surface area contributed by atoms with Gasteiger partial charge in [0.05, 0.1) is 10.2 Å². The van der Waals surface area contributed by atoms with E-state index in [1.165, 1.54) is 17.8 Å². The van der Waals surface area contributed by atoms with Crippen molar-refractivity contribution in [2.45, 2.75) is 37.4 Å². The van der Waals surface area contributed by atoms with Gasteiger partial charge in [0.25, 0.3) is 5.91 Å². The number of benzene rings is 1. The molecule has 2 aromatic rings. The minimum absolute atomic E-state index is 0.0182. The molecule has 2 N–H and O–H groups in total. The number of thiazole rings is 1. The molecule has 1 aromatic carbocycles. The van der Waals surface area contributed by atoms with Crippen LogP contribution >= 0.6 is 22.9 Å². The average Bonchev–Trinajstić information content (AvgIpc) is 3.10. The minimum atomic E-state index is -0.0182. The largest absolute Gasteiger partial charge is 0.348 e. The molecule has 1 amide bonds. The second-order valence-corrected chi connectivity index (χ2v) is 7.13. The fourth-order valence-corrected chi connectivity index (χ4v) is 4.29. The Morgan fingerprint density at radius 2 is 2.35 bits per heavy atom. The summed E-state index contributed by atoms with van der Waals surface area (Å²) >= 11 is 7.32. The molecule has 2 fully saturated rings. The van der Waals surface area contributed by atoms with Crippen LogP contribution in [0.2, 0.25) is 4.47 Å². The third-order valence-corrected chi connectivity index (χ3v) is 5.38. The molecule has 4 nitrogen and oxygen atoms in total. The summed E-state index contributed by atoms with van der Waals surface area (Å²) in [6.07, 6.45) is 3.44. The van der Waals surface area contributed by atoms with Crippen LogP contribution in [0.15, 0.2) is 18.2 Å². The summed E-state index contributed by atoms with van der Waals surface area (Å²) in [5, 5.41) is 6.66. The molecule has 1 aromatic heterocycles. The summed E-state index contributed by atoms with van der Waals surface area (Å²) in [6.45, 7) is 0. The van der Waals surface area contributed by atoms with Gasteiger partial charge in [-0.3, -0.25) is 4.79 Å². The van der Waals surface area contributed by atoms with Crippen LogP contribution in [0.4, 0.5) is 0 Å². The molecule has 0 saturated carbocycles. The third-order valence-electron chi connectivity index (χ3n) is 4.24. The Balaban J connectivity index is 1.54. The predicted octanol–water partition coefficient (Wildman–Crippen LogP) is 2.57. The van der Waals surface area contributed by atoms with Crippen molar-refractivity contribution in [3.05, 3.63) is 28.2 Å². The fourth-order valence-electron chi connectivity index (χ4n) is 3.28. The van der Waals surface area contributed by atoms with Gasteiger partial charge in [0.1, 0.15) is 0 Å². The van der Waals surface area contributed by atoms with E-state index in [4.69, 9.17) is 11.6 Å². The highest BCUT2D eigenvalue weighted by atomic mass is 35.5. The topological polar surface area (TPSA) is 54.0 Å². The van der Waals surface area contributed by atoms with E-state index in [0.717, 1.165) is 23.1 Å². The van der Waals surface area contributed by atoms with Gasteiger partial charge in [-0.15, -0.1) is 11.3 Å². The van der Waals surface area contributed by atoms with Crippen molar-refractivity contribution in [1.82, 2.24) is 15.6 Å². The molecule has 6 heteroatoms. The number of rotatable bonds is 2. The Morgan fingerprint density at radius 3 is 3.10 bits per heavy atom. The van der Waals surface area contributed by atoms with Crippen molar-refractivity contribution in [3.8, 4) is 0 Å². The van der Waals surface area contributed by atoms with E-state index in [-0.39, 0.29) is 11.9 Å². The number of carbonyl (C=O) groups excluding carboxylic acids is 1. The summed E-state index contributed by atoms with van der Waals surface area (Å²) in [5.74, 6) is -0.0182. The molecule has 2 saturated heterocycles. The maximum absolute atomic E-state index is 12.3. The highest BCUT2D eigenvalue weighted by Crippen LogP contribution is 2.29. The van der Waals surface area contributed by atoms with E-state index in [1.807, 2.05) is 18.2 Å². The van der Waals surface area contributed by atoms with Crippen LogP contribution in [0.1, 0.15) is 29.6 Å². The van der Waals surface area contributed by atoms with Crippen LogP contribution in [0.5, 0.6) is 0 Å². The predicted molar refractivity (Wildman–Crippen MR) is 80.4 cm³/mol. The van der Waals surface area contributed by atoms with Crippen molar-refractivity contribution in [2.75, 3.05) is 0 Å². The van der Waals surface area contributed by atoms with Gasteiger partial charge in [0.2, 0.25) is 0 Å². The molecule has 3 atom stereocenters. The molecule has 0 radical (unpaired) electrons. The first-order chi connectivity index (χ1) is 9.69. The zero-order valence-corrected chi connectivity index (χ0v) is 12.3. The highest BCUT2D eigenvalue weighted by molar-refractivity contribution is 7.22. The highest BCUT2D eigenvalue weighted by Gasteiger charge is 2.39. The molecule has 2 bridgehead atoms. The van der Waals surface area contributed by atoms with E-state index in [1.54, 1.807) is 0 Å². The first-order valence-electron chi connectivity index (χ1n) is 6.82. The van der Waals surface area contributed by atoms with Gasteiger partial charge in [-0.2, -0.15) is 0 Å². The molecular formula is C14H14ClN3OS. The molecule has 20 heavy (non-hydrogen) atoms. The number of nitrogens with zero attached hydrogens (tertiary/aromatic N) is 1. The molecule has 104 valence electrons. The van der Waals surface area contributed by atoms with Crippen molar-refractivity contribution < 1.29 is 4.79 Å². The number of hydrogen-bond acceptors (Lipinski definition) is 4. The number of aromatic nitrogens is 1. The molecule has 4 rings (SSSR count). The number of halogens is 1. The van der Waals surface area contributed by atoms with Gasteiger partial charge in [-0.1, -0.05) is 11.6 Å². The molecule has 2 aliphatic rings. The maximum atomic E-state index is 12.3. The van der Waals surface area contributed by atoms with Crippen molar-refractivity contribution in [2.24, 2.45) is 0 Å². The smallest absolute Gasteiger partial charge is 0.251 e. The SMILES string of the molecule is O=C(N[C@@H]1C[C@H]2CC[C@@H]1N2)c1ccc2sc(Cl)nc2c1. The second kappa shape index (κ2) is 4.69. The average molecular weight is 308 g/mol. The van der Waals surface area contributed by atoms with E-state index in [2.05, 4.69) is 15.6 Å². The van der Waals surface area contributed by atoms with Crippen LogP contribution in [-0.2, 0) is 0 Å². The van der Waals surface area contributed by atoms with Gasteiger partial charge in [0, 0.05) is 23.7 Å². The molecule has 0 spiro atoms. The number of amides is 1. The number of nitrogens with one attached hydrogen (secondary N) is 2. The van der Waals surface area contributed by atoms with Crippen molar-refractivity contribution >= 4 is 39.1 Å². The molecule has 0 aliphatic carbocycles. The van der Waals surface area contributed by atoms with E-state index in [9.17, 15) is 4.79 Å². The van der Waals surface area contributed by atoms with Gasteiger partial charge in [0.15, 0.2) is 4.47 Å². The first-order valence-corrected chi connectivity index (χ1v) is 8.01. The molecule has 0 unspecified atom stereocenters. The summed E-state index contributed by atoms with van der Waals surface area (Å²) in [5.41, 5.74) is 1.45.